The largest absolute Gasteiger partial charge is 0.380 e. The van der Waals surface area contributed by atoms with Crippen LogP contribution < -0.4 is 0 Å². The van der Waals surface area contributed by atoms with E-state index in [4.69, 9.17) is 4.74 Å². The average Bonchev–Trinajstić information content (AvgIpc) is 1.99. The molecule has 0 aromatic carbocycles. The summed E-state index contributed by atoms with van der Waals surface area (Å²) in [7, 11) is 3.78. The van der Waals surface area contributed by atoms with Gasteiger partial charge in [-0.15, -0.1) is 0 Å². The molecular weight excluding hydrogens is 138 g/mol. The van der Waals surface area contributed by atoms with E-state index in [1.807, 2.05) is 14.0 Å². The van der Waals surface area contributed by atoms with Crippen LogP contribution in [-0.4, -0.2) is 31.7 Å². The molecule has 0 amide bonds. The lowest BCUT2D eigenvalue weighted by Crippen LogP contribution is -2.28. The van der Waals surface area contributed by atoms with Gasteiger partial charge in [-0.2, -0.15) is 0 Å². The topological polar surface area (TPSA) is 12.5 Å². The Morgan fingerprint density at radius 3 is 2.45 bits per heavy atom. The van der Waals surface area contributed by atoms with Gasteiger partial charge in [0.25, 0.3) is 0 Å². The molecule has 66 valence electrons. The smallest absolute Gasteiger partial charge is 0.0743 e. The molecule has 0 aliphatic rings. The molecule has 0 bridgehead atoms. The SMILES string of the molecule is C=C(C)N(C)C[C@H](CC)OC. The fraction of sp³-hybridized carbons (Fsp3) is 0.778. The molecular formula is C9H19NO. The number of hydrogen-bond acceptors (Lipinski definition) is 2. The zero-order chi connectivity index (χ0) is 8.85. The second kappa shape index (κ2) is 5.19. The Morgan fingerprint density at radius 1 is 1.64 bits per heavy atom. The van der Waals surface area contributed by atoms with Crippen molar-refractivity contribution in [2.24, 2.45) is 0 Å². The highest BCUT2D eigenvalue weighted by Crippen LogP contribution is 2.02. The highest BCUT2D eigenvalue weighted by atomic mass is 16.5. The highest BCUT2D eigenvalue weighted by molar-refractivity contribution is 4.87. The number of methoxy groups -OCH3 is 1. The van der Waals surface area contributed by atoms with E-state index < -0.39 is 0 Å². The summed E-state index contributed by atoms with van der Waals surface area (Å²) in [6.45, 7) is 8.91. The van der Waals surface area contributed by atoms with Gasteiger partial charge in [0.05, 0.1) is 6.10 Å². The van der Waals surface area contributed by atoms with Gasteiger partial charge in [-0.25, -0.2) is 0 Å². The van der Waals surface area contributed by atoms with Crippen molar-refractivity contribution in [3.63, 3.8) is 0 Å². The molecule has 0 aromatic heterocycles. The first kappa shape index (κ1) is 10.5. The summed E-state index contributed by atoms with van der Waals surface area (Å²) in [5, 5.41) is 0. The Labute approximate surface area is 69.8 Å². The van der Waals surface area contributed by atoms with Crippen molar-refractivity contribution in [2.45, 2.75) is 26.4 Å². The molecule has 0 spiro atoms. The Hall–Kier alpha value is -0.500. The maximum Gasteiger partial charge on any atom is 0.0743 e. The molecule has 0 aromatic rings. The van der Waals surface area contributed by atoms with Gasteiger partial charge in [0.2, 0.25) is 0 Å². The van der Waals surface area contributed by atoms with Gasteiger partial charge in [-0.1, -0.05) is 13.5 Å². The fourth-order valence-corrected chi connectivity index (χ4v) is 0.832. The van der Waals surface area contributed by atoms with Crippen LogP contribution in [0.5, 0.6) is 0 Å². The molecule has 0 fully saturated rings. The minimum absolute atomic E-state index is 0.330. The molecule has 0 saturated heterocycles. The van der Waals surface area contributed by atoms with Crippen molar-refractivity contribution in [3.8, 4) is 0 Å². The molecule has 0 saturated carbocycles. The molecule has 0 rings (SSSR count). The van der Waals surface area contributed by atoms with E-state index in [2.05, 4.69) is 18.4 Å². The lowest BCUT2D eigenvalue weighted by atomic mass is 10.2. The monoisotopic (exact) mass is 157 g/mol. The van der Waals surface area contributed by atoms with E-state index in [1.165, 1.54) is 0 Å². The van der Waals surface area contributed by atoms with Crippen LogP contribution >= 0.6 is 0 Å². The zero-order valence-corrected chi connectivity index (χ0v) is 8.05. The first-order valence-corrected chi connectivity index (χ1v) is 4.01. The average molecular weight is 157 g/mol. The van der Waals surface area contributed by atoms with Gasteiger partial charge in [0.1, 0.15) is 0 Å². The van der Waals surface area contributed by atoms with Gasteiger partial charge in [0.15, 0.2) is 0 Å². The van der Waals surface area contributed by atoms with Crippen LogP contribution in [-0.2, 0) is 4.74 Å². The summed E-state index contributed by atoms with van der Waals surface area (Å²) >= 11 is 0. The van der Waals surface area contributed by atoms with E-state index >= 15 is 0 Å². The Kier molecular flexibility index (Phi) is 4.95. The Balaban J connectivity index is 3.71. The quantitative estimate of drug-likeness (QED) is 0.604. The molecule has 0 radical (unpaired) electrons. The Bertz CT molecular complexity index is 119. The second-order valence-electron chi connectivity index (χ2n) is 2.88. The van der Waals surface area contributed by atoms with E-state index in [0.29, 0.717) is 6.10 Å². The van der Waals surface area contributed by atoms with E-state index in [9.17, 15) is 0 Å². The predicted molar refractivity (Wildman–Crippen MR) is 48.5 cm³/mol. The van der Waals surface area contributed by atoms with Gasteiger partial charge < -0.3 is 9.64 Å². The third-order valence-electron chi connectivity index (χ3n) is 1.92. The lowest BCUT2D eigenvalue weighted by molar-refractivity contribution is 0.0774. The summed E-state index contributed by atoms with van der Waals surface area (Å²) < 4.78 is 5.24. The minimum atomic E-state index is 0.330. The minimum Gasteiger partial charge on any atom is -0.380 e. The van der Waals surface area contributed by atoms with Crippen molar-refractivity contribution < 1.29 is 4.74 Å². The van der Waals surface area contributed by atoms with Gasteiger partial charge in [-0.3, -0.25) is 0 Å². The lowest BCUT2D eigenvalue weighted by Gasteiger charge is -2.23. The third kappa shape index (κ3) is 4.04. The van der Waals surface area contributed by atoms with Gasteiger partial charge in [-0.05, 0) is 13.3 Å². The molecule has 1 atom stereocenters. The van der Waals surface area contributed by atoms with Crippen LogP contribution in [0.1, 0.15) is 20.3 Å². The fourth-order valence-electron chi connectivity index (χ4n) is 0.832. The van der Waals surface area contributed by atoms with Crippen molar-refractivity contribution in [2.75, 3.05) is 20.7 Å². The van der Waals surface area contributed by atoms with Crippen LogP contribution in [0.3, 0.4) is 0 Å². The van der Waals surface area contributed by atoms with Crippen molar-refractivity contribution in [3.05, 3.63) is 12.3 Å². The van der Waals surface area contributed by atoms with Crippen molar-refractivity contribution >= 4 is 0 Å². The normalized spacial score (nSPS) is 12.7. The number of likely N-dealkylation sites (N-methyl/N-ethyl adjacent to an activating group) is 1. The van der Waals surface area contributed by atoms with E-state index in [1.54, 1.807) is 7.11 Å². The van der Waals surface area contributed by atoms with Gasteiger partial charge in [0, 0.05) is 26.4 Å². The first-order valence-electron chi connectivity index (χ1n) is 4.01. The van der Waals surface area contributed by atoms with E-state index in [-0.39, 0.29) is 0 Å². The maximum absolute atomic E-state index is 5.24. The number of hydrogen-bond donors (Lipinski definition) is 0. The molecule has 2 heteroatoms. The van der Waals surface area contributed by atoms with E-state index in [0.717, 1.165) is 18.7 Å². The molecule has 0 N–H and O–H groups in total. The summed E-state index contributed by atoms with van der Waals surface area (Å²) in [6.07, 6.45) is 1.38. The summed E-state index contributed by atoms with van der Waals surface area (Å²) in [4.78, 5) is 2.11. The number of ether oxygens (including phenoxy) is 1. The Morgan fingerprint density at radius 2 is 2.18 bits per heavy atom. The summed E-state index contributed by atoms with van der Waals surface area (Å²) in [5.41, 5.74) is 1.08. The first-order chi connectivity index (χ1) is 5.11. The van der Waals surface area contributed by atoms with Gasteiger partial charge >= 0.3 is 0 Å². The molecule has 0 aliphatic carbocycles. The van der Waals surface area contributed by atoms with Crippen LogP contribution in [0.4, 0.5) is 0 Å². The predicted octanol–water partition coefficient (Wildman–Crippen LogP) is 1.88. The molecule has 11 heavy (non-hydrogen) atoms. The van der Waals surface area contributed by atoms with Crippen molar-refractivity contribution in [1.29, 1.82) is 0 Å². The highest BCUT2D eigenvalue weighted by Gasteiger charge is 2.06. The molecule has 0 aliphatic heterocycles. The zero-order valence-electron chi connectivity index (χ0n) is 8.05. The molecule has 0 heterocycles. The summed E-state index contributed by atoms with van der Waals surface area (Å²) in [6, 6.07) is 0. The van der Waals surface area contributed by atoms with Crippen LogP contribution in [0.25, 0.3) is 0 Å². The molecule has 0 unspecified atom stereocenters. The van der Waals surface area contributed by atoms with Crippen LogP contribution in [0, 0.1) is 0 Å². The van der Waals surface area contributed by atoms with Crippen LogP contribution in [0.15, 0.2) is 12.3 Å². The molecule has 2 nitrogen and oxygen atoms in total. The second-order valence-corrected chi connectivity index (χ2v) is 2.88. The summed E-state index contributed by atoms with van der Waals surface area (Å²) in [5.74, 6) is 0. The standard InChI is InChI=1S/C9H19NO/c1-6-9(11-5)7-10(4)8(2)3/h9H,2,6-7H2,1,3-5H3/t9-/m0/s1. The number of rotatable bonds is 5. The number of allylic oxidation sites excluding steroid dienone is 1. The van der Waals surface area contributed by atoms with Crippen molar-refractivity contribution in [1.82, 2.24) is 4.90 Å². The maximum atomic E-state index is 5.24. The number of nitrogens with zero attached hydrogens (tertiary/aromatic N) is 1. The van der Waals surface area contributed by atoms with Crippen LogP contribution in [0.2, 0.25) is 0 Å². The third-order valence-corrected chi connectivity index (χ3v) is 1.92.